The van der Waals surface area contributed by atoms with Crippen LogP contribution >= 0.6 is 95.6 Å². The number of hydrogen-bond donors (Lipinski definition) is 4. The smallest absolute Gasteiger partial charge is 0.259 e. The summed E-state index contributed by atoms with van der Waals surface area (Å²) in [4.78, 5) is 49.3. The summed E-state index contributed by atoms with van der Waals surface area (Å²) in [6, 6.07) is 0. The molecular weight excluding hydrogens is 804 g/mol. The molecule has 0 radical (unpaired) electrons. The Labute approximate surface area is 233 Å². The fourth-order valence-corrected chi connectivity index (χ4v) is 2.56. The lowest BCUT2D eigenvalue weighted by Crippen LogP contribution is -2.59. The van der Waals surface area contributed by atoms with Gasteiger partial charge < -0.3 is 21.3 Å². The van der Waals surface area contributed by atoms with Gasteiger partial charge in [-0.15, -0.1) is 0 Å². The van der Waals surface area contributed by atoms with E-state index in [0.29, 0.717) is 0 Å². The van der Waals surface area contributed by atoms with E-state index in [9.17, 15) is 19.2 Å². The van der Waals surface area contributed by atoms with E-state index in [-0.39, 0.29) is 24.9 Å². The normalized spacial score (nSPS) is 13.3. The van der Waals surface area contributed by atoms with Crippen LogP contribution in [0.5, 0.6) is 0 Å². The minimum absolute atomic E-state index is 0.244. The molecule has 31 heavy (non-hydrogen) atoms. The first-order chi connectivity index (χ1) is 13.5. The summed E-state index contributed by atoms with van der Waals surface area (Å²) < 4.78 is -2.34. The molecule has 0 aliphatic carbocycles. The van der Waals surface area contributed by atoms with Crippen LogP contribution in [-0.4, -0.2) is 52.1 Å². The first-order valence-electron chi connectivity index (χ1n) is 8.86. The van der Waals surface area contributed by atoms with E-state index in [0.717, 1.165) is 0 Å². The summed E-state index contributed by atoms with van der Waals surface area (Å²) in [5, 5.41) is 10.8. The topological polar surface area (TPSA) is 116 Å². The van der Waals surface area contributed by atoms with Crippen LogP contribution in [0.2, 0.25) is 0 Å². The lowest BCUT2D eigenvalue weighted by atomic mass is 9.92. The summed E-state index contributed by atoms with van der Waals surface area (Å²) in [5.41, 5.74) is -2.84. The molecule has 0 saturated heterocycles. The Balaban J connectivity index is 4.84. The van der Waals surface area contributed by atoms with Crippen LogP contribution in [0.25, 0.3) is 0 Å². The van der Waals surface area contributed by atoms with Crippen molar-refractivity contribution in [1.29, 1.82) is 0 Å². The van der Waals surface area contributed by atoms with E-state index in [4.69, 9.17) is 0 Å². The van der Waals surface area contributed by atoms with Crippen molar-refractivity contribution in [2.24, 2.45) is 5.41 Å². The van der Waals surface area contributed by atoms with Gasteiger partial charge in [-0.1, -0.05) is 13.8 Å². The Kier molecular flexibility index (Phi) is 11.7. The van der Waals surface area contributed by atoms with Crippen molar-refractivity contribution < 1.29 is 19.2 Å². The molecule has 0 heterocycles. The predicted octanol–water partition coefficient (Wildman–Crippen LogP) is 3.71. The number of rotatable bonds is 8. The monoisotopic (exact) mass is 824 g/mol. The van der Waals surface area contributed by atoms with Gasteiger partial charge in [0.1, 0.15) is 11.1 Å². The Bertz CT molecular complexity index is 656. The third kappa shape index (κ3) is 11.6. The summed E-state index contributed by atoms with van der Waals surface area (Å²) in [6.45, 7) is 10.5. The molecule has 4 amide bonds. The van der Waals surface area contributed by atoms with E-state index in [1.807, 2.05) is 13.8 Å². The molecule has 8 nitrogen and oxygen atoms in total. The number of halogens is 6. The molecule has 0 aromatic heterocycles. The Morgan fingerprint density at radius 1 is 0.548 bits per heavy atom. The van der Waals surface area contributed by atoms with Crippen molar-refractivity contribution in [3.8, 4) is 0 Å². The molecule has 14 heteroatoms. The van der Waals surface area contributed by atoms with Gasteiger partial charge in [0.25, 0.3) is 11.8 Å². The molecule has 4 N–H and O–H groups in total. The number of amides is 4. The number of nitrogens with one attached hydrogen (secondary N) is 4. The van der Waals surface area contributed by atoms with Crippen LogP contribution in [0, 0.1) is 5.41 Å². The summed E-state index contributed by atoms with van der Waals surface area (Å²) in [7, 11) is 0. The maximum atomic E-state index is 12.6. The zero-order valence-electron chi connectivity index (χ0n) is 17.8. The maximum Gasteiger partial charge on any atom is 0.259 e. The highest BCUT2D eigenvalue weighted by molar-refractivity contribution is 9.40. The van der Waals surface area contributed by atoms with Crippen molar-refractivity contribution in [3.63, 3.8) is 0 Å². The lowest BCUT2D eigenvalue weighted by Gasteiger charge is -2.32. The van der Waals surface area contributed by atoms with Crippen LogP contribution < -0.4 is 21.3 Å². The Morgan fingerprint density at radius 3 is 1.03 bits per heavy atom. The molecule has 0 aliphatic rings. The van der Waals surface area contributed by atoms with Crippen LogP contribution in [0.3, 0.4) is 0 Å². The molecule has 0 aliphatic heterocycles. The van der Waals surface area contributed by atoms with Crippen LogP contribution in [0.1, 0.15) is 41.5 Å². The predicted molar refractivity (Wildman–Crippen MR) is 143 cm³/mol. The summed E-state index contributed by atoms with van der Waals surface area (Å²) in [5.74, 6) is -1.70. The summed E-state index contributed by atoms with van der Waals surface area (Å²) in [6.07, 6.45) is 0. The number of carbonyl (C=O) groups excluding carboxylic acids is 4. The first kappa shape index (κ1) is 31.8. The van der Waals surface area contributed by atoms with E-state index in [2.05, 4.69) is 117 Å². The molecule has 0 rings (SSSR count). The van der Waals surface area contributed by atoms with Gasteiger partial charge in [0.05, 0.1) is 0 Å². The second kappa shape index (κ2) is 11.5. The van der Waals surface area contributed by atoms with E-state index in [1.54, 1.807) is 27.7 Å². The molecule has 0 bridgehead atoms. The van der Waals surface area contributed by atoms with Gasteiger partial charge in [-0.05, 0) is 129 Å². The van der Waals surface area contributed by atoms with Gasteiger partial charge in [-0.2, -0.15) is 0 Å². The van der Waals surface area contributed by atoms with Gasteiger partial charge in [-0.3, -0.25) is 19.2 Å². The van der Waals surface area contributed by atoms with Crippen molar-refractivity contribution in [2.75, 3.05) is 13.1 Å². The molecule has 0 aromatic carbocycles. The minimum Gasteiger partial charge on any atom is -0.353 e. The highest BCUT2D eigenvalue weighted by Crippen LogP contribution is 2.34. The Morgan fingerprint density at radius 2 is 0.806 bits per heavy atom. The second-order valence-electron chi connectivity index (χ2n) is 8.68. The molecule has 0 saturated carbocycles. The molecule has 0 fully saturated rings. The van der Waals surface area contributed by atoms with Gasteiger partial charge in [0.15, 0.2) is 0 Å². The third-order valence-corrected chi connectivity index (χ3v) is 6.12. The second-order valence-corrected chi connectivity index (χ2v) is 22.2. The average molecular weight is 830 g/mol. The van der Waals surface area contributed by atoms with Crippen molar-refractivity contribution in [2.45, 2.75) is 56.9 Å². The molecule has 180 valence electrons. The largest absolute Gasteiger partial charge is 0.353 e. The zero-order chi connectivity index (χ0) is 25.1. The maximum absolute atomic E-state index is 12.6. The number of alkyl halides is 6. The summed E-state index contributed by atoms with van der Waals surface area (Å²) >= 11 is 18.6. The molecule has 0 atom stereocenters. The highest BCUT2D eigenvalue weighted by Gasteiger charge is 2.39. The van der Waals surface area contributed by atoms with E-state index >= 15 is 0 Å². The van der Waals surface area contributed by atoms with E-state index in [1.165, 1.54) is 0 Å². The third-order valence-electron chi connectivity index (χ3n) is 3.96. The standard InChI is InChI=1S/C17H26Br6N4O4/c1-13(2,7-24-9(28)14(3,4)26-11(30)16(18,19)20)8-25-10(29)15(5,6)27-12(31)17(21,22)23/h7-8H2,1-6H3,(H,24,28)(H,25,29)(H,26,30)(H,27,31). The lowest BCUT2D eigenvalue weighted by molar-refractivity contribution is -0.132. The zero-order valence-corrected chi connectivity index (χ0v) is 27.3. The first-order valence-corrected chi connectivity index (χ1v) is 13.6. The molecule has 0 spiro atoms. The average Bonchev–Trinajstić information content (AvgIpc) is 2.55. The van der Waals surface area contributed by atoms with Crippen molar-refractivity contribution in [1.82, 2.24) is 21.3 Å². The van der Waals surface area contributed by atoms with Gasteiger partial charge in [0, 0.05) is 13.1 Å². The molecular formula is C17H26Br6N4O4. The van der Waals surface area contributed by atoms with Crippen molar-refractivity contribution in [3.05, 3.63) is 0 Å². The molecule has 0 unspecified atom stereocenters. The van der Waals surface area contributed by atoms with Crippen LogP contribution in [0.15, 0.2) is 0 Å². The van der Waals surface area contributed by atoms with Gasteiger partial charge in [0.2, 0.25) is 16.1 Å². The SMILES string of the molecule is CC(C)(CNC(=O)C(C)(C)NC(=O)C(Br)(Br)Br)CNC(=O)C(C)(C)NC(=O)C(Br)(Br)Br. The van der Waals surface area contributed by atoms with Crippen LogP contribution in [0.4, 0.5) is 0 Å². The number of hydrogen-bond acceptors (Lipinski definition) is 4. The van der Waals surface area contributed by atoms with Gasteiger partial charge in [-0.25, -0.2) is 0 Å². The van der Waals surface area contributed by atoms with Gasteiger partial charge >= 0.3 is 0 Å². The number of carbonyl (C=O) groups is 4. The van der Waals surface area contributed by atoms with E-state index < -0.39 is 32.6 Å². The quantitative estimate of drug-likeness (QED) is 0.280. The fraction of sp³-hybridized carbons (Fsp3) is 0.765. The highest BCUT2D eigenvalue weighted by atomic mass is 80.0. The molecule has 0 aromatic rings. The fourth-order valence-electron chi connectivity index (χ4n) is 1.97. The Hall–Kier alpha value is 0.760. The van der Waals surface area contributed by atoms with Crippen molar-refractivity contribution >= 4 is 119 Å². The van der Waals surface area contributed by atoms with Crippen LogP contribution in [-0.2, 0) is 19.2 Å². The minimum atomic E-state index is -1.17.